The van der Waals surface area contributed by atoms with Gasteiger partial charge in [-0.2, -0.15) is 0 Å². The molecule has 2 aromatic rings. The van der Waals surface area contributed by atoms with Gasteiger partial charge < -0.3 is 20.1 Å². The molecule has 28 heavy (non-hydrogen) atoms. The molecule has 0 amide bonds. The highest BCUT2D eigenvalue weighted by atomic mass is 19.1. The fraction of sp³-hybridized carbons (Fsp3) is 0.211. The van der Waals surface area contributed by atoms with Crippen molar-refractivity contribution in [3.05, 3.63) is 53.6 Å². The van der Waals surface area contributed by atoms with Crippen LogP contribution in [0.3, 0.4) is 0 Å². The lowest BCUT2D eigenvalue weighted by Gasteiger charge is -2.36. The molecular formula is C19H18FN5O3. The molecule has 3 N–H and O–H groups in total. The van der Waals surface area contributed by atoms with E-state index in [1.807, 2.05) is 30.0 Å². The van der Waals surface area contributed by atoms with Crippen molar-refractivity contribution in [1.29, 1.82) is 0 Å². The Balaban J connectivity index is 1.57. The van der Waals surface area contributed by atoms with Crippen molar-refractivity contribution in [3.8, 4) is 11.5 Å². The highest BCUT2D eigenvalue weighted by molar-refractivity contribution is 5.85. The van der Waals surface area contributed by atoms with E-state index >= 15 is 0 Å². The van der Waals surface area contributed by atoms with E-state index < -0.39 is 11.8 Å². The van der Waals surface area contributed by atoms with Gasteiger partial charge in [0.1, 0.15) is 23.1 Å². The Morgan fingerprint density at radius 1 is 1.29 bits per heavy atom. The fourth-order valence-electron chi connectivity index (χ4n) is 3.42. The first-order valence-electron chi connectivity index (χ1n) is 8.72. The summed E-state index contributed by atoms with van der Waals surface area (Å²) in [5, 5.41) is 6.35. The summed E-state index contributed by atoms with van der Waals surface area (Å²) in [4.78, 5) is 12.3. The van der Waals surface area contributed by atoms with Crippen LogP contribution in [0.5, 0.6) is 11.5 Å². The highest BCUT2D eigenvalue weighted by Crippen LogP contribution is 2.42. The van der Waals surface area contributed by atoms with Crippen LogP contribution < -0.4 is 30.5 Å². The summed E-state index contributed by atoms with van der Waals surface area (Å²) in [7, 11) is 1.49. The second-order valence-electron chi connectivity index (χ2n) is 6.59. The Morgan fingerprint density at radius 3 is 3.04 bits per heavy atom. The SMILES string of the molecule is COc1cc(F)cc(NC23N=CC(C)=C(NO2)N3c2ccc3c(c2)NCO3)c1. The molecule has 1 unspecified atom stereocenters. The summed E-state index contributed by atoms with van der Waals surface area (Å²) in [5.41, 5.74) is 6.00. The van der Waals surface area contributed by atoms with Gasteiger partial charge in [0.2, 0.25) is 0 Å². The predicted molar refractivity (Wildman–Crippen MR) is 103 cm³/mol. The molecule has 8 nitrogen and oxygen atoms in total. The van der Waals surface area contributed by atoms with Gasteiger partial charge in [0.25, 0.3) is 0 Å². The number of nitrogens with one attached hydrogen (secondary N) is 3. The first kappa shape index (κ1) is 16.7. The lowest BCUT2D eigenvalue weighted by Crippen LogP contribution is -2.51. The largest absolute Gasteiger partial charge is 0.497 e. The van der Waals surface area contributed by atoms with E-state index in [1.165, 1.54) is 19.2 Å². The quantitative estimate of drug-likeness (QED) is 0.749. The maximum absolute atomic E-state index is 14.0. The predicted octanol–water partition coefficient (Wildman–Crippen LogP) is 2.98. The van der Waals surface area contributed by atoms with Gasteiger partial charge in [0.15, 0.2) is 6.73 Å². The molecule has 3 aliphatic heterocycles. The van der Waals surface area contributed by atoms with E-state index in [9.17, 15) is 4.39 Å². The second kappa shape index (κ2) is 6.03. The molecular weight excluding hydrogens is 365 g/mol. The molecule has 0 aliphatic carbocycles. The van der Waals surface area contributed by atoms with Gasteiger partial charge in [-0.15, -0.1) is 0 Å². The van der Waals surface area contributed by atoms with Gasteiger partial charge in [-0.25, -0.2) is 19.7 Å². The van der Waals surface area contributed by atoms with Crippen LogP contribution >= 0.6 is 0 Å². The standard InChI is InChI=1S/C19H18FN5O3/c1-11-9-22-19(23-13-5-12(20)6-15(7-13)26-2)25(18(11)24-28-19)14-3-4-17-16(8-14)21-10-27-17/h3-9,21,23-24H,10H2,1-2H3. The number of fused-ring (bicyclic) bond motifs is 3. The molecule has 1 saturated heterocycles. The van der Waals surface area contributed by atoms with Crippen LogP contribution in [0.2, 0.25) is 0 Å². The Labute approximate surface area is 160 Å². The van der Waals surface area contributed by atoms with Crippen LogP contribution in [-0.2, 0) is 4.84 Å². The highest BCUT2D eigenvalue weighted by Gasteiger charge is 2.49. The topological polar surface area (TPSA) is 79.4 Å². The molecule has 0 saturated carbocycles. The van der Waals surface area contributed by atoms with Crippen LogP contribution in [0.1, 0.15) is 6.92 Å². The fourth-order valence-corrected chi connectivity index (χ4v) is 3.42. The molecule has 3 aliphatic rings. The van der Waals surface area contributed by atoms with E-state index in [0.29, 0.717) is 18.2 Å². The number of allylic oxidation sites excluding steroid dienone is 1. The number of benzene rings is 2. The molecule has 144 valence electrons. The first-order valence-corrected chi connectivity index (χ1v) is 8.72. The zero-order valence-corrected chi connectivity index (χ0v) is 15.2. The molecule has 1 fully saturated rings. The van der Waals surface area contributed by atoms with Gasteiger partial charge in [0, 0.05) is 29.6 Å². The number of anilines is 3. The lowest BCUT2D eigenvalue weighted by molar-refractivity contribution is -0.0214. The minimum absolute atomic E-state index is 0.391. The van der Waals surface area contributed by atoms with Crippen LogP contribution in [0.4, 0.5) is 21.5 Å². The van der Waals surface area contributed by atoms with E-state index in [2.05, 4.69) is 21.1 Å². The van der Waals surface area contributed by atoms with E-state index in [4.69, 9.17) is 14.3 Å². The van der Waals surface area contributed by atoms with Gasteiger partial charge in [-0.05, 0) is 31.2 Å². The summed E-state index contributed by atoms with van der Waals surface area (Å²) >= 11 is 0. The Kier molecular flexibility index (Phi) is 3.59. The number of hydrogen-bond acceptors (Lipinski definition) is 8. The number of halogens is 1. The molecule has 2 aromatic carbocycles. The number of hydrogen-bond donors (Lipinski definition) is 3. The van der Waals surface area contributed by atoms with Gasteiger partial charge in [-0.1, -0.05) is 0 Å². The third kappa shape index (κ3) is 2.51. The van der Waals surface area contributed by atoms with E-state index in [0.717, 1.165) is 28.5 Å². The number of methoxy groups -OCH3 is 1. The molecule has 3 heterocycles. The average molecular weight is 383 g/mol. The number of ether oxygens (including phenoxy) is 2. The van der Waals surface area contributed by atoms with Crippen LogP contribution in [0.25, 0.3) is 0 Å². The summed E-state index contributed by atoms with van der Waals surface area (Å²) in [6, 6.07) is 10.1. The van der Waals surface area contributed by atoms with Crippen molar-refractivity contribution in [1.82, 2.24) is 5.48 Å². The van der Waals surface area contributed by atoms with Crippen molar-refractivity contribution >= 4 is 23.3 Å². The molecule has 0 spiro atoms. The Hall–Kier alpha value is -3.46. The third-order valence-electron chi connectivity index (χ3n) is 4.75. The van der Waals surface area contributed by atoms with Gasteiger partial charge in [0.05, 0.1) is 18.5 Å². The van der Waals surface area contributed by atoms with Crippen molar-refractivity contribution < 1.29 is 18.7 Å². The number of nitrogens with zero attached hydrogens (tertiary/aromatic N) is 2. The van der Waals surface area contributed by atoms with Crippen molar-refractivity contribution in [2.45, 2.75) is 12.9 Å². The van der Waals surface area contributed by atoms with Crippen molar-refractivity contribution in [3.63, 3.8) is 0 Å². The zero-order chi connectivity index (χ0) is 19.3. The number of hydroxylamine groups is 1. The number of rotatable bonds is 4. The first-order chi connectivity index (χ1) is 13.6. The molecule has 9 heteroatoms. The smallest absolute Gasteiger partial charge is 0.351 e. The maximum atomic E-state index is 14.0. The van der Waals surface area contributed by atoms with Crippen LogP contribution in [-0.4, -0.2) is 26.0 Å². The third-order valence-corrected chi connectivity index (χ3v) is 4.75. The Bertz CT molecular complexity index is 1020. The van der Waals surface area contributed by atoms with E-state index in [1.54, 1.807) is 12.3 Å². The number of aliphatic imine (C=N–C) groups is 1. The summed E-state index contributed by atoms with van der Waals surface area (Å²) in [5.74, 6) is 0.169. The van der Waals surface area contributed by atoms with E-state index in [-0.39, 0.29) is 0 Å². The average Bonchev–Trinajstić information content (AvgIpc) is 3.26. The minimum Gasteiger partial charge on any atom is -0.497 e. The molecule has 1 atom stereocenters. The second-order valence-corrected chi connectivity index (χ2v) is 6.59. The zero-order valence-electron chi connectivity index (χ0n) is 15.2. The molecule has 5 rings (SSSR count). The van der Waals surface area contributed by atoms with Gasteiger partial charge >= 0.3 is 5.97 Å². The van der Waals surface area contributed by atoms with Crippen LogP contribution in [0, 0.1) is 5.82 Å². The van der Waals surface area contributed by atoms with Gasteiger partial charge in [-0.3, -0.25) is 4.90 Å². The molecule has 0 radical (unpaired) electrons. The molecule has 0 aromatic heterocycles. The van der Waals surface area contributed by atoms with Crippen molar-refractivity contribution in [2.24, 2.45) is 4.99 Å². The Morgan fingerprint density at radius 2 is 2.18 bits per heavy atom. The van der Waals surface area contributed by atoms with Crippen molar-refractivity contribution in [2.75, 3.05) is 29.4 Å². The summed E-state index contributed by atoms with van der Waals surface area (Å²) < 4.78 is 24.6. The van der Waals surface area contributed by atoms with Crippen LogP contribution in [0.15, 0.2) is 52.8 Å². The summed E-state index contributed by atoms with van der Waals surface area (Å²) in [6.07, 6.45) is 1.71. The monoisotopic (exact) mass is 383 g/mol. The molecule has 2 bridgehead atoms. The minimum atomic E-state index is -1.32. The maximum Gasteiger partial charge on any atom is 0.351 e. The summed E-state index contributed by atoms with van der Waals surface area (Å²) in [6.45, 7) is 2.36. The lowest BCUT2D eigenvalue weighted by atomic mass is 10.2. The normalized spacial score (nSPS) is 21.8.